The van der Waals surface area contributed by atoms with Crippen LogP contribution in [0.1, 0.15) is 20.8 Å². The first-order valence-corrected chi connectivity index (χ1v) is 4.76. The number of allylic oxidation sites excluding steroid dienone is 1. The SMILES string of the molecule is CC1=CC(O)(N=O)C(C(C)C)C=C1N=O. The molecule has 0 saturated carbocycles. The van der Waals surface area contributed by atoms with Crippen molar-refractivity contribution in [3.63, 3.8) is 0 Å². The Balaban J connectivity index is 3.19. The summed E-state index contributed by atoms with van der Waals surface area (Å²) in [7, 11) is 0. The maximum atomic E-state index is 10.7. The van der Waals surface area contributed by atoms with Gasteiger partial charge in [0.2, 0.25) is 5.72 Å². The minimum absolute atomic E-state index is 0.00574. The topological polar surface area (TPSA) is 79.1 Å². The van der Waals surface area contributed by atoms with Crippen LogP contribution in [0.5, 0.6) is 0 Å². The third-order valence-electron chi connectivity index (χ3n) is 2.62. The molecule has 0 aromatic rings. The summed E-state index contributed by atoms with van der Waals surface area (Å²) in [6, 6.07) is 0. The highest BCUT2D eigenvalue weighted by molar-refractivity contribution is 5.36. The monoisotopic (exact) mass is 210 g/mol. The second-order valence-corrected chi connectivity index (χ2v) is 4.11. The van der Waals surface area contributed by atoms with Gasteiger partial charge < -0.3 is 5.11 Å². The van der Waals surface area contributed by atoms with E-state index in [1.807, 2.05) is 13.8 Å². The van der Waals surface area contributed by atoms with Crippen molar-refractivity contribution in [2.24, 2.45) is 22.2 Å². The number of nitrogens with zero attached hydrogens (tertiary/aromatic N) is 2. The zero-order valence-electron chi connectivity index (χ0n) is 8.97. The van der Waals surface area contributed by atoms with Gasteiger partial charge in [-0.15, -0.1) is 9.81 Å². The van der Waals surface area contributed by atoms with E-state index in [4.69, 9.17) is 0 Å². The summed E-state index contributed by atoms with van der Waals surface area (Å²) in [4.78, 5) is 21.1. The molecule has 1 rings (SSSR count). The van der Waals surface area contributed by atoms with Crippen molar-refractivity contribution in [1.82, 2.24) is 0 Å². The zero-order chi connectivity index (χ0) is 11.6. The van der Waals surface area contributed by atoms with Crippen molar-refractivity contribution in [2.75, 3.05) is 0 Å². The van der Waals surface area contributed by atoms with Gasteiger partial charge in [-0.1, -0.05) is 13.8 Å². The fourth-order valence-corrected chi connectivity index (χ4v) is 1.79. The Labute approximate surface area is 87.8 Å². The molecule has 15 heavy (non-hydrogen) atoms. The van der Waals surface area contributed by atoms with E-state index in [1.54, 1.807) is 6.92 Å². The molecular weight excluding hydrogens is 196 g/mol. The quantitative estimate of drug-likeness (QED) is 0.726. The van der Waals surface area contributed by atoms with Crippen LogP contribution in [0, 0.1) is 21.6 Å². The normalized spacial score (nSPS) is 30.9. The van der Waals surface area contributed by atoms with Gasteiger partial charge in [-0.25, -0.2) is 0 Å². The lowest BCUT2D eigenvalue weighted by Gasteiger charge is -2.31. The Morgan fingerprint density at radius 1 is 1.47 bits per heavy atom. The van der Waals surface area contributed by atoms with Gasteiger partial charge >= 0.3 is 0 Å². The maximum Gasteiger partial charge on any atom is 0.223 e. The summed E-state index contributed by atoms with van der Waals surface area (Å²) in [5.74, 6) is -0.514. The summed E-state index contributed by atoms with van der Waals surface area (Å²) >= 11 is 0. The highest BCUT2D eigenvalue weighted by atomic mass is 16.4. The van der Waals surface area contributed by atoms with Crippen molar-refractivity contribution in [3.8, 4) is 0 Å². The summed E-state index contributed by atoms with van der Waals surface area (Å²) in [5, 5.41) is 15.5. The average molecular weight is 210 g/mol. The van der Waals surface area contributed by atoms with Crippen LogP contribution in [0.3, 0.4) is 0 Å². The molecule has 5 heteroatoms. The van der Waals surface area contributed by atoms with E-state index in [-0.39, 0.29) is 11.6 Å². The third-order valence-corrected chi connectivity index (χ3v) is 2.62. The summed E-state index contributed by atoms with van der Waals surface area (Å²) in [5.41, 5.74) is -1.02. The highest BCUT2D eigenvalue weighted by Gasteiger charge is 2.40. The second kappa shape index (κ2) is 4.02. The van der Waals surface area contributed by atoms with Crippen LogP contribution in [0.25, 0.3) is 0 Å². The van der Waals surface area contributed by atoms with Crippen molar-refractivity contribution in [1.29, 1.82) is 0 Å². The molecule has 0 saturated heterocycles. The molecule has 2 unspecified atom stereocenters. The Hall–Kier alpha value is -1.36. The molecule has 0 bridgehead atoms. The number of hydrogen-bond acceptors (Lipinski definition) is 5. The van der Waals surface area contributed by atoms with Gasteiger partial charge in [0.05, 0.1) is 0 Å². The van der Waals surface area contributed by atoms with E-state index in [0.717, 1.165) is 0 Å². The number of hydrogen-bond donors (Lipinski definition) is 1. The van der Waals surface area contributed by atoms with E-state index in [1.165, 1.54) is 12.2 Å². The number of rotatable bonds is 3. The Kier molecular flexibility index (Phi) is 3.14. The molecule has 1 aliphatic carbocycles. The van der Waals surface area contributed by atoms with Crippen LogP contribution in [-0.2, 0) is 0 Å². The minimum Gasteiger partial charge on any atom is -0.363 e. The van der Waals surface area contributed by atoms with Gasteiger partial charge in [-0.3, -0.25) is 0 Å². The Morgan fingerprint density at radius 3 is 2.47 bits per heavy atom. The molecule has 82 valence electrons. The largest absolute Gasteiger partial charge is 0.363 e. The van der Waals surface area contributed by atoms with Crippen LogP contribution in [0.4, 0.5) is 0 Å². The van der Waals surface area contributed by atoms with E-state index >= 15 is 0 Å². The maximum absolute atomic E-state index is 10.7. The van der Waals surface area contributed by atoms with Gasteiger partial charge in [-0.05, 0) is 40.9 Å². The minimum atomic E-state index is -1.76. The molecule has 0 heterocycles. The van der Waals surface area contributed by atoms with Gasteiger partial charge in [0, 0.05) is 5.92 Å². The summed E-state index contributed by atoms with van der Waals surface area (Å²) in [6.45, 7) is 5.29. The van der Waals surface area contributed by atoms with Crippen LogP contribution >= 0.6 is 0 Å². The summed E-state index contributed by atoms with van der Waals surface area (Å²) in [6.07, 6.45) is 2.80. The highest BCUT2D eigenvalue weighted by Crippen LogP contribution is 2.36. The lowest BCUT2D eigenvalue weighted by atomic mass is 9.80. The lowest BCUT2D eigenvalue weighted by molar-refractivity contribution is 0.0332. The molecule has 0 radical (unpaired) electrons. The van der Waals surface area contributed by atoms with E-state index in [2.05, 4.69) is 10.4 Å². The first-order chi connectivity index (χ1) is 6.94. The Bertz CT molecular complexity index is 347. The average Bonchev–Trinajstić information content (AvgIpc) is 2.17. The zero-order valence-corrected chi connectivity index (χ0v) is 8.97. The fourth-order valence-electron chi connectivity index (χ4n) is 1.79. The predicted octanol–water partition coefficient (Wildman–Crippen LogP) is 2.32. The van der Waals surface area contributed by atoms with Gasteiger partial charge in [0.25, 0.3) is 0 Å². The van der Waals surface area contributed by atoms with Gasteiger partial charge in [0.15, 0.2) is 0 Å². The van der Waals surface area contributed by atoms with E-state index in [9.17, 15) is 14.9 Å². The molecular formula is C10H14N2O3. The van der Waals surface area contributed by atoms with Crippen molar-refractivity contribution < 1.29 is 5.11 Å². The second-order valence-electron chi connectivity index (χ2n) is 4.11. The molecule has 0 amide bonds. The van der Waals surface area contributed by atoms with Crippen LogP contribution in [-0.4, -0.2) is 10.8 Å². The van der Waals surface area contributed by atoms with E-state index in [0.29, 0.717) is 5.57 Å². The molecule has 0 aromatic carbocycles. The first-order valence-electron chi connectivity index (χ1n) is 4.76. The predicted molar refractivity (Wildman–Crippen MR) is 56.7 cm³/mol. The standard InChI is InChI=1S/C10H14N2O3/c1-6(2)8-4-9(11-14)7(3)5-10(8,13)12-15/h4-6,8,13H,1-3H3. The molecule has 0 fully saturated rings. The van der Waals surface area contributed by atoms with E-state index < -0.39 is 11.6 Å². The smallest absolute Gasteiger partial charge is 0.223 e. The van der Waals surface area contributed by atoms with Crippen molar-refractivity contribution >= 4 is 0 Å². The third kappa shape index (κ3) is 2.02. The molecule has 5 nitrogen and oxygen atoms in total. The lowest BCUT2D eigenvalue weighted by Crippen LogP contribution is -2.38. The van der Waals surface area contributed by atoms with Crippen molar-refractivity contribution in [2.45, 2.75) is 26.5 Å². The van der Waals surface area contributed by atoms with Crippen LogP contribution in [0.15, 0.2) is 33.8 Å². The molecule has 0 aliphatic heterocycles. The molecule has 0 spiro atoms. The molecule has 1 aliphatic rings. The van der Waals surface area contributed by atoms with Gasteiger partial charge in [0.1, 0.15) is 5.70 Å². The van der Waals surface area contributed by atoms with Crippen LogP contribution < -0.4 is 0 Å². The first kappa shape index (κ1) is 11.7. The Morgan fingerprint density at radius 2 is 2.07 bits per heavy atom. The number of aliphatic hydroxyl groups is 1. The van der Waals surface area contributed by atoms with Crippen molar-refractivity contribution in [3.05, 3.63) is 33.2 Å². The fraction of sp³-hybridized carbons (Fsp3) is 0.600. The van der Waals surface area contributed by atoms with Crippen LogP contribution in [0.2, 0.25) is 0 Å². The molecule has 2 atom stereocenters. The molecule has 0 aromatic heterocycles. The summed E-state index contributed by atoms with van der Waals surface area (Å²) < 4.78 is 0. The molecule has 1 N–H and O–H groups in total. The van der Waals surface area contributed by atoms with Gasteiger partial charge in [-0.2, -0.15) is 0 Å². The number of nitroso groups, excluding NO2 is 2.